The molecule has 0 saturated carbocycles. The number of hydrogen-bond acceptors (Lipinski definition) is 3. The molecule has 0 aromatic carbocycles. The van der Waals surface area contributed by atoms with Crippen molar-refractivity contribution >= 4 is 29.1 Å². The molecule has 0 unspecified atom stereocenters. The first kappa shape index (κ1) is 14.8. The Morgan fingerprint density at radius 2 is 1.83 bits per heavy atom. The van der Waals surface area contributed by atoms with Crippen molar-refractivity contribution in [2.24, 2.45) is 11.3 Å². The number of thiocarbonyl (C=S) groups is 1. The molecular formula is C13H20N2O2S. The van der Waals surface area contributed by atoms with E-state index in [1.54, 1.807) is 0 Å². The molecule has 4 nitrogen and oxygen atoms in total. The van der Waals surface area contributed by atoms with E-state index in [1.807, 2.05) is 19.1 Å². The van der Waals surface area contributed by atoms with Gasteiger partial charge in [0.15, 0.2) is 5.11 Å². The number of carbonyl (C=O) groups is 2. The van der Waals surface area contributed by atoms with E-state index < -0.39 is 5.41 Å². The zero-order valence-electron chi connectivity index (χ0n) is 11.1. The Labute approximate surface area is 113 Å². The van der Waals surface area contributed by atoms with Crippen LogP contribution in [-0.4, -0.2) is 16.9 Å². The summed E-state index contributed by atoms with van der Waals surface area (Å²) in [5, 5.41) is 5.22. The topological polar surface area (TPSA) is 58.2 Å². The standard InChI is InChI=1S/C13H20N2O2S/c1-4-5-7-13(8-6-9(2)3)10(16)14-12(18)15-11(13)17/h4-5,9H,6-8H2,1-3H3,(H2,14,15,16,17,18). The van der Waals surface area contributed by atoms with Gasteiger partial charge in [0.1, 0.15) is 5.41 Å². The van der Waals surface area contributed by atoms with E-state index >= 15 is 0 Å². The van der Waals surface area contributed by atoms with Crippen LogP contribution in [0.25, 0.3) is 0 Å². The maximum absolute atomic E-state index is 12.2. The second-order valence-corrected chi connectivity index (χ2v) is 5.43. The lowest BCUT2D eigenvalue weighted by Crippen LogP contribution is -2.62. The Bertz CT molecular complexity index is 368. The van der Waals surface area contributed by atoms with E-state index in [4.69, 9.17) is 12.2 Å². The smallest absolute Gasteiger partial charge is 0.242 e. The Morgan fingerprint density at radius 1 is 1.28 bits per heavy atom. The zero-order chi connectivity index (χ0) is 13.8. The van der Waals surface area contributed by atoms with Crippen LogP contribution in [0, 0.1) is 11.3 Å². The third-order valence-electron chi connectivity index (χ3n) is 3.17. The molecule has 1 fully saturated rings. The second kappa shape index (κ2) is 6.09. The summed E-state index contributed by atoms with van der Waals surface area (Å²) in [5.41, 5.74) is -1.01. The predicted molar refractivity (Wildman–Crippen MR) is 74.8 cm³/mol. The van der Waals surface area contributed by atoms with Crippen LogP contribution in [0.2, 0.25) is 0 Å². The van der Waals surface area contributed by atoms with E-state index in [2.05, 4.69) is 24.5 Å². The van der Waals surface area contributed by atoms with E-state index in [0.29, 0.717) is 18.8 Å². The number of nitrogens with one attached hydrogen (secondary N) is 2. The van der Waals surface area contributed by atoms with Crippen LogP contribution < -0.4 is 10.6 Å². The SMILES string of the molecule is CC=CCC1(CCC(C)C)C(=O)NC(=S)NC1=O. The lowest BCUT2D eigenvalue weighted by Gasteiger charge is -2.34. The molecular weight excluding hydrogens is 248 g/mol. The molecule has 0 radical (unpaired) electrons. The molecule has 0 spiro atoms. The second-order valence-electron chi connectivity index (χ2n) is 5.03. The zero-order valence-corrected chi connectivity index (χ0v) is 11.9. The Balaban J connectivity index is 2.97. The molecule has 1 aliphatic heterocycles. The molecule has 5 heteroatoms. The fourth-order valence-corrected chi connectivity index (χ4v) is 2.13. The van der Waals surface area contributed by atoms with Gasteiger partial charge in [-0.2, -0.15) is 0 Å². The summed E-state index contributed by atoms with van der Waals surface area (Å²) < 4.78 is 0. The number of hydrogen-bond donors (Lipinski definition) is 2. The molecule has 1 saturated heterocycles. The number of carbonyl (C=O) groups excluding carboxylic acids is 2. The van der Waals surface area contributed by atoms with Gasteiger partial charge in [0.2, 0.25) is 11.8 Å². The highest BCUT2D eigenvalue weighted by molar-refractivity contribution is 7.80. The van der Waals surface area contributed by atoms with Crippen LogP contribution in [0.5, 0.6) is 0 Å². The Kier molecular flexibility index (Phi) is 5.02. The molecule has 1 aliphatic rings. The molecule has 18 heavy (non-hydrogen) atoms. The van der Waals surface area contributed by atoms with E-state index in [0.717, 1.165) is 6.42 Å². The lowest BCUT2D eigenvalue weighted by molar-refractivity contribution is -0.144. The number of rotatable bonds is 5. The lowest BCUT2D eigenvalue weighted by atomic mass is 9.75. The first-order valence-electron chi connectivity index (χ1n) is 6.20. The average Bonchev–Trinajstić information content (AvgIpc) is 2.27. The first-order valence-corrected chi connectivity index (χ1v) is 6.61. The summed E-state index contributed by atoms with van der Waals surface area (Å²) >= 11 is 4.83. The largest absolute Gasteiger partial charge is 0.302 e. The van der Waals surface area contributed by atoms with Gasteiger partial charge in [-0.05, 0) is 44.3 Å². The molecule has 2 amide bonds. The van der Waals surface area contributed by atoms with Crippen LogP contribution in [0.3, 0.4) is 0 Å². The molecule has 100 valence electrons. The van der Waals surface area contributed by atoms with Crippen molar-refractivity contribution in [3.8, 4) is 0 Å². The number of allylic oxidation sites excluding steroid dienone is 2. The minimum atomic E-state index is -1.01. The van der Waals surface area contributed by atoms with E-state index in [9.17, 15) is 9.59 Å². The van der Waals surface area contributed by atoms with Crippen molar-refractivity contribution < 1.29 is 9.59 Å². The number of amides is 2. The first-order chi connectivity index (χ1) is 8.42. The van der Waals surface area contributed by atoms with Crippen LogP contribution in [-0.2, 0) is 9.59 Å². The highest BCUT2D eigenvalue weighted by Crippen LogP contribution is 2.33. The molecule has 0 aliphatic carbocycles. The third kappa shape index (κ3) is 3.16. The highest BCUT2D eigenvalue weighted by Gasteiger charge is 2.47. The van der Waals surface area contributed by atoms with Gasteiger partial charge in [0.25, 0.3) is 0 Å². The van der Waals surface area contributed by atoms with Gasteiger partial charge < -0.3 is 10.6 Å². The predicted octanol–water partition coefficient (Wildman–Crippen LogP) is 1.91. The summed E-state index contributed by atoms with van der Waals surface area (Å²) in [6.45, 7) is 6.03. The van der Waals surface area contributed by atoms with Gasteiger partial charge in [-0.25, -0.2) is 0 Å². The van der Waals surface area contributed by atoms with Crippen LogP contribution in [0.1, 0.15) is 40.0 Å². The van der Waals surface area contributed by atoms with E-state index in [1.165, 1.54) is 0 Å². The van der Waals surface area contributed by atoms with Gasteiger partial charge in [-0.3, -0.25) is 9.59 Å². The summed E-state index contributed by atoms with van der Waals surface area (Å²) in [6, 6.07) is 0. The van der Waals surface area contributed by atoms with Crippen molar-refractivity contribution in [1.29, 1.82) is 0 Å². The minimum Gasteiger partial charge on any atom is -0.302 e. The van der Waals surface area contributed by atoms with Gasteiger partial charge in [0, 0.05) is 0 Å². The maximum Gasteiger partial charge on any atom is 0.242 e. The monoisotopic (exact) mass is 268 g/mol. The highest BCUT2D eigenvalue weighted by atomic mass is 32.1. The summed E-state index contributed by atoms with van der Waals surface area (Å²) in [7, 11) is 0. The molecule has 0 bridgehead atoms. The van der Waals surface area contributed by atoms with Crippen molar-refractivity contribution in [2.45, 2.75) is 40.0 Å². The molecule has 0 aromatic heterocycles. The molecule has 0 atom stereocenters. The van der Waals surface area contributed by atoms with Gasteiger partial charge in [-0.1, -0.05) is 26.0 Å². The van der Waals surface area contributed by atoms with Crippen LogP contribution in [0.4, 0.5) is 0 Å². The molecule has 2 N–H and O–H groups in total. The summed E-state index contributed by atoms with van der Waals surface area (Å²) in [6.07, 6.45) is 5.48. The fraction of sp³-hybridized carbons (Fsp3) is 0.615. The fourth-order valence-electron chi connectivity index (χ4n) is 1.95. The quantitative estimate of drug-likeness (QED) is 0.455. The van der Waals surface area contributed by atoms with Crippen molar-refractivity contribution in [1.82, 2.24) is 10.6 Å². The normalized spacial score (nSPS) is 19.2. The minimum absolute atomic E-state index is 0.102. The van der Waals surface area contributed by atoms with Crippen LogP contribution in [0.15, 0.2) is 12.2 Å². The van der Waals surface area contributed by atoms with Gasteiger partial charge >= 0.3 is 0 Å². The maximum atomic E-state index is 12.2. The van der Waals surface area contributed by atoms with Gasteiger partial charge in [-0.15, -0.1) is 0 Å². The third-order valence-corrected chi connectivity index (χ3v) is 3.38. The molecule has 1 heterocycles. The Hall–Kier alpha value is -1.23. The van der Waals surface area contributed by atoms with E-state index in [-0.39, 0.29) is 16.9 Å². The molecule has 1 rings (SSSR count). The van der Waals surface area contributed by atoms with Crippen molar-refractivity contribution in [3.63, 3.8) is 0 Å². The Morgan fingerprint density at radius 3 is 2.28 bits per heavy atom. The van der Waals surface area contributed by atoms with Crippen LogP contribution >= 0.6 is 12.2 Å². The van der Waals surface area contributed by atoms with Crippen molar-refractivity contribution in [3.05, 3.63) is 12.2 Å². The molecule has 0 aromatic rings. The van der Waals surface area contributed by atoms with Crippen molar-refractivity contribution in [2.75, 3.05) is 0 Å². The summed E-state index contributed by atoms with van der Waals surface area (Å²) in [5.74, 6) is -0.119. The average molecular weight is 268 g/mol. The summed E-state index contributed by atoms with van der Waals surface area (Å²) in [4.78, 5) is 24.3. The van der Waals surface area contributed by atoms with Gasteiger partial charge in [0.05, 0.1) is 0 Å².